The van der Waals surface area contributed by atoms with Crippen molar-refractivity contribution in [3.8, 4) is 22.8 Å². The Morgan fingerprint density at radius 2 is 1.92 bits per heavy atom. The molecule has 1 aromatic heterocycles. The second-order valence-electron chi connectivity index (χ2n) is 10.2. The number of carboxylic acid groups (broad SMARTS) is 1. The van der Waals surface area contributed by atoms with Crippen LogP contribution in [-0.2, 0) is 27.7 Å². The number of sulfone groups is 1. The standard InChI is InChI=1S/C29H31NO6S/c1-17-12-25(35-10-5-11-37(3,33)34)30-18(2)26(17)20-7-4-6-19(13-20)16-36-22-8-9-23-21(14-22)15-24-27(23)28(24)29(31)32/h4,6-9,12-14,24,27-28H,5,10-11,15-16H2,1-3H3,(H,31,32)/t24-,27+,28+/m1/s1. The number of aromatic nitrogens is 1. The summed E-state index contributed by atoms with van der Waals surface area (Å²) in [6, 6.07) is 16.1. The Bertz CT molecular complexity index is 1440. The number of ether oxygens (including phenoxy) is 2. The molecule has 0 bridgehead atoms. The molecule has 0 spiro atoms. The van der Waals surface area contributed by atoms with E-state index in [0.717, 1.165) is 45.7 Å². The summed E-state index contributed by atoms with van der Waals surface area (Å²) < 4.78 is 34.4. The maximum Gasteiger partial charge on any atom is 0.307 e. The van der Waals surface area contributed by atoms with E-state index in [0.29, 0.717) is 25.5 Å². The van der Waals surface area contributed by atoms with Crippen LogP contribution in [0.25, 0.3) is 11.1 Å². The smallest absolute Gasteiger partial charge is 0.307 e. The van der Waals surface area contributed by atoms with Crippen molar-refractivity contribution in [1.82, 2.24) is 4.98 Å². The molecule has 7 nitrogen and oxygen atoms in total. The zero-order chi connectivity index (χ0) is 26.3. The molecular weight excluding hydrogens is 490 g/mol. The van der Waals surface area contributed by atoms with Gasteiger partial charge in [-0.2, -0.15) is 0 Å². The SMILES string of the molecule is Cc1cc(OCCCS(C)(=O)=O)nc(C)c1-c1cccc(COc2ccc3c(c2)C[C@H]2[C@H](C(=O)O)[C@@H]32)c1. The summed E-state index contributed by atoms with van der Waals surface area (Å²) in [6.07, 6.45) is 2.46. The first kappa shape index (κ1) is 25.3. The molecule has 2 aliphatic carbocycles. The third-order valence-corrected chi connectivity index (χ3v) is 8.32. The fourth-order valence-electron chi connectivity index (χ4n) is 5.60. The van der Waals surface area contributed by atoms with E-state index in [1.165, 1.54) is 11.8 Å². The van der Waals surface area contributed by atoms with Crippen LogP contribution in [0.3, 0.4) is 0 Å². The van der Waals surface area contributed by atoms with Crippen LogP contribution in [0.4, 0.5) is 0 Å². The summed E-state index contributed by atoms with van der Waals surface area (Å²) in [5.74, 6) is 0.887. The number of aryl methyl sites for hydroxylation is 2. The van der Waals surface area contributed by atoms with Crippen molar-refractivity contribution in [3.63, 3.8) is 0 Å². The van der Waals surface area contributed by atoms with Crippen LogP contribution < -0.4 is 9.47 Å². The minimum absolute atomic E-state index is 0.0929. The van der Waals surface area contributed by atoms with E-state index in [1.54, 1.807) is 0 Å². The second kappa shape index (κ2) is 9.82. The number of benzene rings is 2. The maximum absolute atomic E-state index is 11.3. The quantitative estimate of drug-likeness (QED) is 0.385. The van der Waals surface area contributed by atoms with Gasteiger partial charge in [0.1, 0.15) is 22.2 Å². The van der Waals surface area contributed by atoms with Gasteiger partial charge in [-0.15, -0.1) is 0 Å². The van der Waals surface area contributed by atoms with Crippen molar-refractivity contribution in [2.45, 2.75) is 39.2 Å². The van der Waals surface area contributed by atoms with Crippen LogP contribution in [0.2, 0.25) is 0 Å². The highest BCUT2D eigenvalue weighted by atomic mass is 32.2. The first-order chi connectivity index (χ1) is 17.6. The highest BCUT2D eigenvalue weighted by molar-refractivity contribution is 7.90. The van der Waals surface area contributed by atoms with Crippen molar-refractivity contribution < 1.29 is 27.8 Å². The molecule has 1 saturated carbocycles. The van der Waals surface area contributed by atoms with Gasteiger partial charge in [-0.3, -0.25) is 4.79 Å². The van der Waals surface area contributed by atoms with Crippen LogP contribution in [-0.4, -0.2) is 43.1 Å². The molecular formula is C29H31NO6S. The Labute approximate surface area is 217 Å². The third kappa shape index (κ3) is 5.49. The topological polar surface area (TPSA) is 103 Å². The predicted molar refractivity (Wildman–Crippen MR) is 141 cm³/mol. The average Bonchev–Trinajstić information content (AvgIpc) is 3.42. The molecule has 0 aliphatic heterocycles. The lowest BCUT2D eigenvalue weighted by atomic mass is 9.98. The molecule has 0 unspecified atom stereocenters. The molecule has 3 atom stereocenters. The number of rotatable bonds is 10. The molecule has 0 saturated heterocycles. The van der Waals surface area contributed by atoms with Gasteiger partial charge in [0.2, 0.25) is 5.88 Å². The van der Waals surface area contributed by atoms with Crippen molar-refractivity contribution in [3.05, 3.63) is 76.5 Å². The zero-order valence-corrected chi connectivity index (χ0v) is 22.0. The van der Waals surface area contributed by atoms with Crippen molar-refractivity contribution >= 4 is 15.8 Å². The summed E-state index contributed by atoms with van der Waals surface area (Å²) in [7, 11) is -3.00. The molecule has 1 N–H and O–H groups in total. The molecule has 1 fully saturated rings. The van der Waals surface area contributed by atoms with Gasteiger partial charge in [0.25, 0.3) is 0 Å². The summed E-state index contributed by atoms with van der Waals surface area (Å²) >= 11 is 0. The van der Waals surface area contributed by atoms with Gasteiger partial charge in [0.15, 0.2) is 0 Å². The van der Waals surface area contributed by atoms with Crippen LogP contribution >= 0.6 is 0 Å². The molecule has 3 aromatic rings. The van der Waals surface area contributed by atoms with Crippen molar-refractivity contribution in [1.29, 1.82) is 0 Å². The van der Waals surface area contributed by atoms with Crippen LogP contribution in [0.1, 0.15) is 40.3 Å². The van der Waals surface area contributed by atoms with E-state index in [-0.39, 0.29) is 23.5 Å². The molecule has 0 amide bonds. The molecule has 0 radical (unpaired) electrons. The summed E-state index contributed by atoms with van der Waals surface area (Å²) in [6.45, 7) is 4.68. The fraction of sp³-hybridized carbons (Fsp3) is 0.379. The second-order valence-corrected chi connectivity index (χ2v) is 12.4. The number of fused-ring (bicyclic) bond motifs is 3. The van der Waals surface area contributed by atoms with Gasteiger partial charge in [-0.1, -0.05) is 24.3 Å². The number of aliphatic carboxylic acids is 1. The molecule has 2 aliphatic rings. The minimum atomic E-state index is -3.00. The van der Waals surface area contributed by atoms with E-state index in [9.17, 15) is 18.3 Å². The highest BCUT2D eigenvalue weighted by Gasteiger charge is 2.59. The van der Waals surface area contributed by atoms with Gasteiger partial charge in [0.05, 0.1) is 18.3 Å². The number of carboxylic acids is 1. The van der Waals surface area contributed by atoms with E-state index < -0.39 is 15.8 Å². The lowest BCUT2D eigenvalue weighted by Crippen LogP contribution is -2.09. The van der Waals surface area contributed by atoms with E-state index in [4.69, 9.17) is 9.47 Å². The van der Waals surface area contributed by atoms with Crippen LogP contribution in [0.15, 0.2) is 48.5 Å². The Morgan fingerprint density at radius 3 is 2.65 bits per heavy atom. The van der Waals surface area contributed by atoms with Gasteiger partial charge in [0, 0.05) is 29.5 Å². The Kier molecular flexibility index (Phi) is 6.70. The molecule has 37 heavy (non-hydrogen) atoms. The molecule has 1 heterocycles. The van der Waals surface area contributed by atoms with Crippen LogP contribution in [0, 0.1) is 25.7 Å². The van der Waals surface area contributed by atoms with Gasteiger partial charge in [-0.25, -0.2) is 13.4 Å². The molecule has 8 heteroatoms. The van der Waals surface area contributed by atoms with Gasteiger partial charge in [-0.05, 0) is 78.6 Å². The van der Waals surface area contributed by atoms with Crippen molar-refractivity contribution in [2.75, 3.05) is 18.6 Å². The monoisotopic (exact) mass is 521 g/mol. The summed E-state index contributed by atoms with van der Waals surface area (Å²) in [5.41, 5.74) is 7.35. The normalized spacial score (nSPS) is 19.7. The number of hydrogen-bond acceptors (Lipinski definition) is 6. The van der Waals surface area contributed by atoms with Crippen LogP contribution in [0.5, 0.6) is 11.6 Å². The van der Waals surface area contributed by atoms with E-state index in [2.05, 4.69) is 17.1 Å². The largest absolute Gasteiger partial charge is 0.489 e. The first-order valence-electron chi connectivity index (χ1n) is 12.5. The Hall–Kier alpha value is -3.39. The molecule has 194 valence electrons. The number of hydrogen-bond donors (Lipinski definition) is 1. The number of carbonyl (C=O) groups is 1. The molecule has 5 rings (SSSR count). The fourth-order valence-corrected chi connectivity index (χ4v) is 6.25. The lowest BCUT2D eigenvalue weighted by molar-refractivity contribution is -0.139. The zero-order valence-electron chi connectivity index (χ0n) is 21.2. The summed E-state index contributed by atoms with van der Waals surface area (Å²) in [5, 5.41) is 9.32. The van der Waals surface area contributed by atoms with E-state index in [1.807, 2.05) is 50.2 Å². The average molecular weight is 522 g/mol. The lowest BCUT2D eigenvalue weighted by Gasteiger charge is -2.14. The predicted octanol–water partition coefficient (Wildman–Crippen LogP) is 4.73. The summed E-state index contributed by atoms with van der Waals surface area (Å²) in [4.78, 5) is 15.9. The number of pyridine rings is 1. The molecule has 2 aromatic carbocycles. The Morgan fingerprint density at radius 1 is 1.11 bits per heavy atom. The van der Waals surface area contributed by atoms with Gasteiger partial charge >= 0.3 is 5.97 Å². The van der Waals surface area contributed by atoms with Crippen molar-refractivity contribution in [2.24, 2.45) is 11.8 Å². The minimum Gasteiger partial charge on any atom is -0.489 e. The van der Waals surface area contributed by atoms with Gasteiger partial charge < -0.3 is 14.6 Å². The van der Waals surface area contributed by atoms with E-state index >= 15 is 0 Å². The Balaban J connectivity index is 1.23. The highest BCUT2D eigenvalue weighted by Crippen LogP contribution is 2.61. The third-order valence-electron chi connectivity index (χ3n) is 7.29. The number of nitrogens with zero attached hydrogens (tertiary/aromatic N) is 1. The first-order valence-corrected chi connectivity index (χ1v) is 14.5. The maximum atomic E-state index is 11.3.